The molecule has 0 unspecified atom stereocenters. The Hall–Kier alpha value is -0.900. The highest BCUT2D eigenvalue weighted by atomic mass is 15.3. The highest BCUT2D eigenvalue weighted by Crippen LogP contribution is 2.35. The van der Waals surface area contributed by atoms with Gasteiger partial charge in [-0.2, -0.15) is 5.10 Å². The van der Waals surface area contributed by atoms with Gasteiger partial charge in [-0.15, -0.1) is 0 Å². The van der Waals surface area contributed by atoms with Crippen molar-refractivity contribution >= 4 is 0 Å². The number of hydrogen-bond acceptors (Lipinski definition) is 3. The third-order valence-corrected chi connectivity index (χ3v) is 3.83. The van der Waals surface area contributed by atoms with E-state index in [9.17, 15) is 0 Å². The lowest BCUT2D eigenvalue weighted by Gasteiger charge is -2.35. The summed E-state index contributed by atoms with van der Waals surface area (Å²) in [7, 11) is 2.03. The first kappa shape index (κ1) is 11.6. The monoisotopic (exact) mass is 222 g/mol. The summed E-state index contributed by atoms with van der Waals surface area (Å²) < 4.78 is 1.99. The summed E-state index contributed by atoms with van der Waals surface area (Å²) in [5, 5.41) is 7.91. The van der Waals surface area contributed by atoms with Gasteiger partial charge in [0, 0.05) is 18.9 Å². The van der Waals surface area contributed by atoms with Crippen molar-refractivity contribution < 1.29 is 0 Å². The number of nitrogens with zero attached hydrogens (tertiary/aromatic N) is 3. The standard InChI is InChI=1S/C12H22N4/c1-4-10-14-11(16(3)15-10)12(5-2)6-8-13-9-7-12/h13H,4-9H2,1-3H3. The molecule has 4 nitrogen and oxygen atoms in total. The molecular formula is C12H22N4. The number of hydrogen-bond donors (Lipinski definition) is 1. The molecule has 0 bridgehead atoms. The lowest BCUT2D eigenvalue weighted by atomic mass is 9.76. The van der Waals surface area contributed by atoms with Crippen LogP contribution in [0.3, 0.4) is 0 Å². The maximum Gasteiger partial charge on any atom is 0.150 e. The molecule has 0 spiro atoms. The van der Waals surface area contributed by atoms with Crippen LogP contribution < -0.4 is 5.32 Å². The van der Waals surface area contributed by atoms with Gasteiger partial charge in [-0.1, -0.05) is 13.8 Å². The van der Waals surface area contributed by atoms with Gasteiger partial charge in [-0.25, -0.2) is 4.98 Å². The second kappa shape index (κ2) is 4.53. The zero-order valence-corrected chi connectivity index (χ0v) is 10.6. The van der Waals surface area contributed by atoms with Gasteiger partial charge in [-0.3, -0.25) is 4.68 Å². The lowest BCUT2D eigenvalue weighted by molar-refractivity contribution is 0.273. The first-order valence-corrected chi connectivity index (χ1v) is 6.33. The van der Waals surface area contributed by atoms with Crippen molar-refractivity contribution in [3.8, 4) is 0 Å². The Bertz CT molecular complexity index is 350. The molecule has 0 aliphatic carbocycles. The number of piperidine rings is 1. The summed E-state index contributed by atoms with van der Waals surface area (Å²) in [4.78, 5) is 4.72. The zero-order chi connectivity index (χ0) is 11.6. The Morgan fingerprint density at radius 1 is 1.31 bits per heavy atom. The van der Waals surface area contributed by atoms with E-state index in [-0.39, 0.29) is 5.41 Å². The fourth-order valence-corrected chi connectivity index (χ4v) is 2.69. The van der Waals surface area contributed by atoms with E-state index in [0.29, 0.717) is 0 Å². The van der Waals surface area contributed by atoms with Gasteiger partial charge >= 0.3 is 0 Å². The van der Waals surface area contributed by atoms with Crippen LogP contribution in [0.1, 0.15) is 44.8 Å². The fraction of sp³-hybridized carbons (Fsp3) is 0.833. The molecule has 0 aromatic carbocycles. The number of rotatable bonds is 3. The molecule has 1 aromatic rings. The van der Waals surface area contributed by atoms with Crippen molar-refractivity contribution in [3.63, 3.8) is 0 Å². The Kier molecular flexibility index (Phi) is 3.28. The van der Waals surface area contributed by atoms with Crippen LogP contribution >= 0.6 is 0 Å². The summed E-state index contributed by atoms with van der Waals surface area (Å²) in [6.45, 7) is 6.58. The number of aryl methyl sites for hydroxylation is 2. The SMILES string of the molecule is CCc1nc(C2(CC)CCNCC2)n(C)n1. The van der Waals surface area contributed by atoms with E-state index in [1.165, 1.54) is 18.7 Å². The topological polar surface area (TPSA) is 42.7 Å². The van der Waals surface area contributed by atoms with Gasteiger partial charge in [0.2, 0.25) is 0 Å². The van der Waals surface area contributed by atoms with Gasteiger partial charge in [0.25, 0.3) is 0 Å². The van der Waals surface area contributed by atoms with E-state index in [1.807, 2.05) is 11.7 Å². The van der Waals surface area contributed by atoms with Crippen molar-refractivity contribution in [2.75, 3.05) is 13.1 Å². The Morgan fingerprint density at radius 2 is 2.00 bits per heavy atom. The van der Waals surface area contributed by atoms with Crippen molar-refractivity contribution in [1.82, 2.24) is 20.1 Å². The largest absolute Gasteiger partial charge is 0.317 e. The van der Waals surface area contributed by atoms with Crippen LogP contribution in [0.5, 0.6) is 0 Å². The minimum Gasteiger partial charge on any atom is -0.317 e. The maximum atomic E-state index is 4.72. The van der Waals surface area contributed by atoms with E-state index in [2.05, 4.69) is 24.3 Å². The second-order valence-corrected chi connectivity index (χ2v) is 4.71. The lowest BCUT2D eigenvalue weighted by Crippen LogP contribution is -2.41. The van der Waals surface area contributed by atoms with E-state index >= 15 is 0 Å². The number of nitrogens with one attached hydrogen (secondary N) is 1. The summed E-state index contributed by atoms with van der Waals surface area (Å²) in [5.74, 6) is 2.16. The van der Waals surface area contributed by atoms with Crippen LogP contribution in [-0.2, 0) is 18.9 Å². The Labute approximate surface area is 97.5 Å². The van der Waals surface area contributed by atoms with Gasteiger partial charge in [0.1, 0.15) is 5.82 Å². The molecule has 0 atom stereocenters. The summed E-state index contributed by atoms with van der Waals surface area (Å²) >= 11 is 0. The van der Waals surface area contributed by atoms with Gasteiger partial charge < -0.3 is 5.32 Å². The van der Waals surface area contributed by atoms with Gasteiger partial charge in [0.15, 0.2) is 5.82 Å². The molecule has 4 heteroatoms. The number of aromatic nitrogens is 3. The molecule has 16 heavy (non-hydrogen) atoms. The summed E-state index contributed by atoms with van der Waals surface area (Å²) in [5.41, 5.74) is 0.250. The van der Waals surface area contributed by atoms with Crippen molar-refractivity contribution in [2.24, 2.45) is 7.05 Å². The smallest absolute Gasteiger partial charge is 0.150 e. The summed E-state index contributed by atoms with van der Waals surface area (Å²) in [6, 6.07) is 0. The normalized spacial score (nSPS) is 19.9. The Balaban J connectivity index is 2.34. The molecule has 1 aliphatic rings. The molecule has 0 radical (unpaired) electrons. The predicted molar refractivity (Wildman–Crippen MR) is 64.5 cm³/mol. The maximum absolute atomic E-state index is 4.72. The Morgan fingerprint density at radius 3 is 2.50 bits per heavy atom. The molecular weight excluding hydrogens is 200 g/mol. The van der Waals surface area contributed by atoms with Crippen LogP contribution in [0, 0.1) is 0 Å². The van der Waals surface area contributed by atoms with Gasteiger partial charge in [0.05, 0.1) is 0 Å². The zero-order valence-electron chi connectivity index (χ0n) is 10.6. The molecule has 0 saturated carbocycles. The predicted octanol–water partition coefficient (Wildman–Crippen LogP) is 1.41. The van der Waals surface area contributed by atoms with E-state index in [1.54, 1.807) is 0 Å². The highest BCUT2D eigenvalue weighted by Gasteiger charge is 2.36. The fourth-order valence-electron chi connectivity index (χ4n) is 2.69. The molecule has 2 rings (SSSR count). The molecule has 1 aromatic heterocycles. The molecule has 1 saturated heterocycles. The van der Waals surface area contributed by atoms with Crippen LogP contribution in [-0.4, -0.2) is 27.9 Å². The van der Waals surface area contributed by atoms with Crippen molar-refractivity contribution in [2.45, 2.75) is 44.9 Å². The molecule has 2 heterocycles. The van der Waals surface area contributed by atoms with Crippen molar-refractivity contribution in [3.05, 3.63) is 11.6 Å². The first-order valence-electron chi connectivity index (χ1n) is 6.33. The van der Waals surface area contributed by atoms with Crippen LogP contribution in [0.2, 0.25) is 0 Å². The third kappa shape index (κ3) is 1.86. The van der Waals surface area contributed by atoms with Crippen LogP contribution in [0.15, 0.2) is 0 Å². The molecule has 90 valence electrons. The molecule has 1 aliphatic heterocycles. The second-order valence-electron chi connectivity index (χ2n) is 4.71. The van der Waals surface area contributed by atoms with E-state index < -0.39 is 0 Å². The minimum atomic E-state index is 0.250. The quantitative estimate of drug-likeness (QED) is 0.841. The van der Waals surface area contributed by atoms with Crippen molar-refractivity contribution in [1.29, 1.82) is 0 Å². The highest BCUT2D eigenvalue weighted by molar-refractivity contribution is 5.11. The first-order chi connectivity index (χ1) is 7.72. The van der Waals surface area contributed by atoms with Crippen LogP contribution in [0.25, 0.3) is 0 Å². The van der Waals surface area contributed by atoms with E-state index in [4.69, 9.17) is 4.98 Å². The summed E-state index contributed by atoms with van der Waals surface area (Å²) in [6.07, 6.45) is 4.44. The molecule has 1 fully saturated rings. The average molecular weight is 222 g/mol. The third-order valence-electron chi connectivity index (χ3n) is 3.83. The average Bonchev–Trinajstić information content (AvgIpc) is 2.72. The van der Waals surface area contributed by atoms with Crippen LogP contribution in [0.4, 0.5) is 0 Å². The van der Waals surface area contributed by atoms with E-state index in [0.717, 1.165) is 31.8 Å². The van der Waals surface area contributed by atoms with Gasteiger partial charge in [-0.05, 0) is 32.4 Å². The minimum absolute atomic E-state index is 0.250. The molecule has 1 N–H and O–H groups in total. The molecule has 0 amide bonds.